The first-order valence-electron chi connectivity index (χ1n) is 0.447. The fraction of sp³-hybridized carbons (Fsp3) is 1.00. The molecule has 3 heteroatoms. The van der Waals surface area contributed by atoms with Crippen molar-refractivity contribution in [3.05, 3.63) is 0 Å². The largest absolute Gasteiger partial charge is 2.00 e. The Balaban J connectivity index is -0.000000000833. The van der Waals surface area contributed by atoms with Crippen LogP contribution in [0.1, 0.15) is 2.85 Å². The first kappa shape index (κ1) is 19.0. The van der Waals surface area contributed by atoms with Crippen molar-refractivity contribution < 1.29 is 13.4 Å². The molecule has 26 valence electrons. The van der Waals surface area contributed by atoms with Crippen molar-refractivity contribution in [2.24, 2.45) is 0 Å². The van der Waals surface area contributed by atoms with Crippen LogP contribution in [-0.4, -0.2) is 55.4 Å². The summed E-state index contributed by atoms with van der Waals surface area (Å²) in [5.74, 6) is 0. The Kier molecular flexibility index (Phi) is 145. The van der Waals surface area contributed by atoms with E-state index in [0.29, 0.717) is 0 Å². The van der Waals surface area contributed by atoms with Gasteiger partial charge in [-0.3, -0.25) is 0 Å². The third kappa shape index (κ3) is 10.9. The van der Waals surface area contributed by atoms with Crippen LogP contribution in [0.2, 0.25) is 0 Å². The van der Waals surface area contributed by atoms with Crippen molar-refractivity contribution in [3.8, 4) is 0 Å². The third-order valence-corrected chi connectivity index (χ3v) is 0. The van der Waals surface area contributed by atoms with Crippen molar-refractivity contribution in [1.82, 2.24) is 0 Å². The van der Waals surface area contributed by atoms with Crippen LogP contribution < -0.4 is 0 Å². The van der Waals surface area contributed by atoms with Gasteiger partial charge in [0.25, 0.3) is 0 Å². The maximum absolute atomic E-state index is 7.00. The van der Waals surface area contributed by atoms with Gasteiger partial charge in [0.1, 0.15) is 0 Å². The molecule has 0 aromatic heterocycles. The minimum absolute atomic E-state index is 0. The van der Waals surface area contributed by atoms with E-state index in [4.69, 9.17) is 5.11 Å². The van der Waals surface area contributed by atoms with Crippen LogP contribution in [-0.2, 0) is 0 Å². The molecule has 0 aliphatic heterocycles. The first-order chi connectivity index (χ1) is 1.00. The molecule has 0 aromatic rings. The Morgan fingerprint density at radius 1 is 1.50 bits per heavy atom. The molecule has 0 aromatic carbocycles. The van der Waals surface area contributed by atoms with E-state index < -0.39 is 0 Å². The van der Waals surface area contributed by atoms with E-state index >= 15 is 0 Å². The molecule has 0 saturated carbocycles. The second-order valence-electron chi connectivity index (χ2n) is 0. The molecular formula is CH8CaO2. The van der Waals surface area contributed by atoms with Gasteiger partial charge >= 0.3 is 37.7 Å². The molecular weight excluding hydrogens is 84.1 g/mol. The number of hydrogen-bond donors (Lipinski definition) is 1. The average molecular weight is 92.2 g/mol. The van der Waals surface area contributed by atoms with Gasteiger partial charge in [-0.25, -0.2) is 0 Å². The zero-order valence-corrected chi connectivity index (χ0v) is 4.86. The smallest absolute Gasteiger partial charge is 1.00 e. The Hall–Kier alpha value is 1.18. The van der Waals surface area contributed by atoms with E-state index in [1.807, 2.05) is 0 Å². The van der Waals surface area contributed by atoms with Gasteiger partial charge in [-0.1, -0.05) is 0 Å². The predicted molar refractivity (Wildman–Crippen MR) is 19.7 cm³/mol. The molecule has 0 aliphatic rings. The molecule has 2 nitrogen and oxygen atoms in total. The Morgan fingerprint density at radius 2 is 1.50 bits per heavy atom. The van der Waals surface area contributed by atoms with Gasteiger partial charge < -0.3 is 13.4 Å². The number of rotatable bonds is 0. The van der Waals surface area contributed by atoms with E-state index in [0.717, 1.165) is 7.11 Å². The quantitative estimate of drug-likeness (QED) is 0.368. The standard InChI is InChI=1S/CH4O.Ca.H2O.2H/c1-2;;;;/h2H,1H3;;1H2;;/q;+2;;2*-1. The topological polar surface area (TPSA) is 51.7 Å². The van der Waals surface area contributed by atoms with Crippen LogP contribution in [0.25, 0.3) is 0 Å². The normalized spacial score (nSPS) is 1.50. The van der Waals surface area contributed by atoms with Gasteiger partial charge in [-0.05, 0) is 0 Å². The first-order valence-corrected chi connectivity index (χ1v) is 0.447. The molecule has 0 saturated heterocycles. The van der Waals surface area contributed by atoms with Gasteiger partial charge in [0.15, 0.2) is 0 Å². The Labute approximate surface area is 58.1 Å². The second kappa shape index (κ2) is 30.4. The van der Waals surface area contributed by atoms with E-state index in [9.17, 15) is 0 Å². The number of aliphatic hydroxyl groups excluding tert-OH is 1. The molecule has 0 heterocycles. The summed E-state index contributed by atoms with van der Waals surface area (Å²) in [4.78, 5) is 0. The van der Waals surface area contributed by atoms with Gasteiger partial charge in [-0.2, -0.15) is 0 Å². The van der Waals surface area contributed by atoms with Gasteiger partial charge in [0.2, 0.25) is 0 Å². The molecule has 0 bridgehead atoms. The zero-order valence-electron chi connectivity index (χ0n) is 4.65. The molecule has 0 atom stereocenters. The number of aliphatic hydroxyl groups is 1. The monoisotopic (exact) mass is 92.0 g/mol. The van der Waals surface area contributed by atoms with Crippen LogP contribution >= 0.6 is 0 Å². The summed E-state index contributed by atoms with van der Waals surface area (Å²) < 4.78 is 0. The maximum atomic E-state index is 7.00. The average Bonchev–Trinajstić information content (AvgIpc) is 1.00. The number of hydrogen-bond acceptors (Lipinski definition) is 1. The van der Waals surface area contributed by atoms with E-state index in [2.05, 4.69) is 0 Å². The fourth-order valence-electron chi connectivity index (χ4n) is 0. The summed E-state index contributed by atoms with van der Waals surface area (Å²) in [6.07, 6.45) is 0. The van der Waals surface area contributed by atoms with Crippen molar-refractivity contribution in [1.29, 1.82) is 0 Å². The van der Waals surface area contributed by atoms with Crippen LogP contribution in [0.15, 0.2) is 0 Å². The van der Waals surface area contributed by atoms with E-state index in [-0.39, 0.29) is 46.1 Å². The Bertz CT molecular complexity index is 11.5. The van der Waals surface area contributed by atoms with Gasteiger partial charge in [0, 0.05) is 7.11 Å². The summed E-state index contributed by atoms with van der Waals surface area (Å²) in [5, 5.41) is 7.00. The molecule has 3 N–H and O–H groups in total. The van der Waals surface area contributed by atoms with E-state index in [1.165, 1.54) is 0 Å². The SMILES string of the molecule is CO.O.[Ca+2].[H-].[H-]. The second-order valence-corrected chi connectivity index (χ2v) is 0. The molecule has 0 radical (unpaired) electrons. The van der Waals surface area contributed by atoms with Crippen LogP contribution in [0.3, 0.4) is 0 Å². The van der Waals surface area contributed by atoms with Crippen molar-refractivity contribution >= 4 is 37.7 Å². The third-order valence-electron chi connectivity index (χ3n) is 0. The maximum Gasteiger partial charge on any atom is 2.00 e. The van der Waals surface area contributed by atoms with Crippen LogP contribution in [0.4, 0.5) is 0 Å². The van der Waals surface area contributed by atoms with Crippen molar-refractivity contribution in [2.45, 2.75) is 0 Å². The molecule has 0 amide bonds. The fourth-order valence-corrected chi connectivity index (χ4v) is 0. The van der Waals surface area contributed by atoms with Crippen molar-refractivity contribution in [3.63, 3.8) is 0 Å². The van der Waals surface area contributed by atoms with Crippen LogP contribution in [0.5, 0.6) is 0 Å². The molecule has 0 rings (SSSR count). The van der Waals surface area contributed by atoms with Crippen LogP contribution in [0, 0.1) is 0 Å². The summed E-state index contributed by atoms with van der Waals surface area (Å²) >= 11 is 0. The van der Waals surface area contributed by atoms with Gasteiger partial charge in [-0.15, -0.1) is 0 Å². The Morgan fingerprint density at radius 3 is 1.50 bits per heavy atom. The minimum Gasteiger partial charge on any atom is -1.00 e. The summed E-state index contributed by atoms with van der Waals surface area (Å²) in [5.41, 5.74) is 0. The predicted octanol–water partition coefficient (Wildman–Crippen LogP) is -1.37. The molecule has 0 aliphatic carbocycles. The summed E-state index contributed by atoms with van der Waals surface area (Å²) in [6.45, 7) is 0. The minimum atomic E-state index is 0. The molecule has 4 heavy (non-hydrogen) atoms. The van der Waals surface area contributed by atoms with E-state index in [1.54, 1.807) is 0 Å². The molecule has 0 spiro atoms. The van der Waals surface area contributed by atoms with Crippen molar-refractivity contribution in [2.75, 3.05) is 7.11 Å². The van der Waals surface area contributed by atoms with Gasteiger partial charge in [0.05, 0.1) is 0 Å². The molecule has 0 fully saturated rings. The summed E-state index contributed by atoms with van der Waals surface area (Å²) in [7, 11) is 1.00. The molecule has 0 unspecified atom stereocenters. The summed E-state index contributed by atoms with van der Waals surface area (Å²) in [6, 6.07) is 0. The zero-order chi connectivity index (χ0) is 2.00.